The van der Waals surface area contributed by atoms with E-state index >= 15 is 0 Å². The Morgan fingerprint density at radius 2 is 2.17 bits per heavy atom. The molecule has 1 aromatic heterocycles. The van der Waals surface area contributed by atoms with E-state index in [-0.39, 0.29) is 12.5 Å². The molecule has 1 saturated heterocycles. The molecule has 2 amide bonds. The van der Waals surface area contributed by atoms with Crippen molar-refractivity contribution in [1.82, 2.24) is 14.8 Å². The number of carbonyl (C=O) groups is 2. The number of β-amino-alcohol motifs (C(OH)–C–C–N with tert-alkyl or cyclic N) is 1. The first-order chi connectivity index (χ1) is 8.37. The molecule has 0 bridgehead atoms. The Bertz CT molecular complexity index is 471. The fourth-order valence-electron chi connectivity index (χ4n) is 2.16. The van der Waals surface area contributed by atoms with E-state index in [4.69, 9.17) is 0 Å². The molecule has 0 aromatic carbocycles. The molecule has 2 rings (SSSR count). The van der Waals surface area contributed by atoms with Crippen molar-refractivity contribution in [3.8, 4) is 0 Å². The molecule has 0 atom stereocenters. The molecule has 6 heteroatoms. The molecule has 0 unspecified atom stereocenters. The van der Waals surface area contributed by atoms with E-state index in [1.165, 1.54) is 0 Å². The lowest BCUT2D eigenvalue weighted by Crippen LogP contribution is -2.61. The van der Waals surface area contributed by atoms with Gasteiger partial charge in [-0.1, -0.05) is 0 Å². The maximum absolute atomic E-state index is 11.7. The largest absolute Gasteiger partial charge is 0.388 e. The minimum absolute atomic E-state index is 0.131. The summed E-state index contributed by atoms with van der Waals surface area (Å²) in [6, 6.07) is 3.39. The second-order valence-electron chi connectivity index (χ2n) is 5.02. The number of imide groups is 1. The lowest BCUT2D eigenvalue weighted by atomic mass is 9.97. The molecule has 0 saturated carbocycles. The number of nitrogens with one attached hydrogen (secondary N) is 1. The van der Waals surface area contributed by atoms with Gasteiger partial charge in [-0.3, -0.25) is 19.8 Å². The summed E-state index contributed by atoms with van der Waals surface area (Å²) in [5, 5.41) is 11.8. The van der Waals surface area contributed by atoms with Crippen molar-refractivity contribution in [2.45, 2.75) is 12.5 Å². The van der Waals surface area contributed by atoms with Crippen molar-refractivity contribution < 1.29 is 14.7 Å². The first-order valence-electron chi connectivity index (χ1n) is 5.78. The molecule has 1 aliphatic rings. The second-order valence-corrected chi connectivity index (χ2v) is 5.02. The summed E-state index contributed by atoms with van der Waals surface area (Å²) in [6.07, 6.45) is 1.74. The van der Waals surface area contributed by atoms with Crippen molar-refractivity contribution in [1.29, 1.82) is 0 Å². The molecule has 2 heterocycles. The molecule has 2 N–H and O–H groups in total. The first-order valence-corrected chi connectivity index (χ1v) is 5.78. The zero-order valence-electron chi connectivity index (χ0n) is 10.5. The molecule has 0 aliphatic carbocycles. The number of aryl methyl sites for hydroxylation is 1. The van der Waals surface area contributed by atoms with E-state index in [0.29, 0.717) is 18.8 Å². The number of amides is 2. The Kier molecular flexibility index (Phi) is 3.23. The van der Waals surface area contributed by atoms with Crippen molar-refractivity contribution in [2.24, 2.45) is 7.05 Å². The number of carbonyl (C=O) groups excluding carboxylic acids is 2. The van der Waals surface area contributed by atoms with Gasteiger partial charge in [0.15, 0.2) is 0 Å². The second kappa shape index (κ2) is 4.55. The van der Waals surface area contributed by atoms with Crippen LogP contribution in [0.4, 0.5) is 0 Å². The summed E-state index contributed by atoms with van der Waals surface area (Å²) in [6.45, 7) is 2.76. The predicted octanol–water partition coefficient (Wildman–Crippen LogP) is -0.652. The van der Waals surface area contributed by atoms with Gasteiger partial charge in [0.2, 0.25) is 5.91 Å². The number of likely N-dealkylation sites (tertiary alicyclic amines) is 1. The zero-order chi connectivity index (χ0) is 13.3. The Labute approximate surface area is 105 Å². The van der Waals surface area contributed by atoms with E-state index in [1.54, 1.807) is 41.8 Å². The van der Waals surface area contributed by atoms with Crippen LogP contribution in [0.15, 0.2) is 18.3 Å². The van der Waals surface area contributed by atoms with E-state index in [0.717, 1.165) is 0 Å². The van der Waals surface area contributed by atoms with E-state index in [1.807, 2.05) is 0 Å². The van der Waals surface area contributed by atoms with Crippen LogP contribution < -0.4 is 5.32 Å². The van der Waals surface area contributed by atoms with Crippen LogP contribution in [0.25, 0.3) is 0 Å². The molecule has 1 aromatic rings. The van der Waals surface area contributed by atoms with Gasteiger partial charge >= 0.3 is 0 Å². The normalized spacial score (nSPS) is 18.2. The summed E-state index contributed by atoms with van der Waals surface area (Å²) in [5.41, 5.74) is -0.262. The van der Waals surface area contributed by atoms with Crippen LogP contribution in [0.1, 0.15) is 17.4 Å². The summed E-state index contributed by atoms with van der Waals surface area (Å²) in [7, 11) is 1.74. The SMILES string of the molecule is Cn1cccc1C(=O)NC(=O)CN1CC(C)(O)C1. The highest BCUT2D eigenvalue weighted by Crippen LogP contribution is 2.18. The van der Waals surface area contributed by atoms with Gasteiger partial charge in [-0.15, -0.1) is 0 Å². The monoisotopic (exact) mass is 251 g/mol. The predicted molar refractivity (Wildman–Crippen MR) is 65.0 cm³/mol. The topological polar surface area (TPSA) is 74.6 Å². The van der Waals surface area contributed by atoms with Gasteiger partial charge in [-0.2, -0.15) is 0 Å². The van der Waals surface area contributed by atoms with Gasteiger partial charge in [0.1, 0.15) is 5.69 Å². The van der Waals surface area contributed by atoms with Crippen LogP contribution >= 0.6 is 0 Å². The number of aliphatic hydroxyl groups is 1. The van der Waals surface area contributed by atoms with Crippen LogP contribution in [0.3, 0.4) is 0 Å². The molecule has 0 radical (unpaired) electrons. The smallest absolute Gasteiger partial charge is 0.274 e. The zero-order valence-corrected chi connectivity index (χ0v) is 10.5. The van der Waals surface area contributed by atoms with Gasteiger partial charge in [0.25, 0.3) is 5.91 Å². The van der Waals surface area contributed by atoms with Crippen LogP contribution in [0.2, 0.25) is 0 Å². The average molecular weight is 251 g/mol. The van der Waals surface area contributed by atoms with Gasteiger partial charge in [-0.05, 0) is 19.1 Å². The Balaban J connectivity index is 1.82. The summed E-state index contributed by atoms with van der Waals surface area (Å²) < 4.78 is 1.65. The fourth-order valence-corrected chi connectivity index (χ4v) is 2.16. The van der Waals surface area contributed by atoms with Crippen LogP contribution in [0.5, 0.6) is 0 Å². The van der Waals surface area contributed by atoms with Gasteiger partial charge in [0, 0.05) is 26.3 Å². The Morgan fingerprint density at radius 3 is 2.67 bits per heavy atom. The van der Waals surface area contributed by atoms with Crippen molar-refractivity contribution in [3.63, 3.8) is 0 Å². The van der Waals surface area contributed by atoms with Crippen LogP contribution in [0, 0.1) is 0 Å². The lowest BCUT2D eigenvalue weighted by molar-refractivity contribution is -0.129. The van der Waals surface area contributed by atoms with Crippen molar-refractivity contribution in [2.75, 3.05) is 19.6 Å². The Morgan fingerprint density at radius 1 is 1.50 bits per heavy atom. The number of rotatable bonds is 3. The lowest BCUT2D eigenvalue weighted by Gasteiger charge is -2.43. The number of nitrogens with zero attached hydrogens (tertiary/aromatic N) is 2. The molecule has 0 spiro atoms. The summed E-state index contributed by atoms with van der Waals surface area (Å²) >= 11 is 0. The third-order valence-corrected chi connectivity index (χ3v) is 2.93. The van der Waals surface area contributed by atoms with Crippen molar-refractivity contribution >= 4 is 11.8 Å². The fraction of sp³-hybridized carbons (Fsp3) is 0.500. The molecule has 1 fully saturated rings. The molecule has 6 nitrogen and oxygen atoms in total. The number of hydrogen-bond donors (Lipinski definition) is 2. The van der Waals surface area contributed by atoms with E-state index < -0.39 is 11.5 Å². The molecule has 18 heavy (non-hydrogen) atoms. The van der Waals surface area contributed by atoms with Crippen LogP contribution in [-0.4, -0.2) is 51.6 Å². The quantitative estimate of drug-likeness (QED) is 0.748. The molecular weight excluding hydrogens is 234 g/mol. The first kappa shape index (κ1) is 12.8. The van der Waals surface area contributed by atoms with Crippen LogP contribution in [-0.2, 0) is 11.8 Å². The third-order valence-electron chi connectivity index (χ3n) is 2.93. The molecular formula is C12H17N3O3. The summed E-state index contributed by atoms with van der Waals surface area (Å²) in [4.78, 5) is 25.1. The Hall–Kier alpha value is -1.66. The van der Waals surface area contributed by atoms with Gasteiger partial charge < -0.3 is 9.67 Å². The van der Waals surface area contributed by atoms with E-state index in [2.05, 4.69) is 5.32 Å². The summed E-state index contributed by atoms with van der Waals surface area (Å²) in [5.74, 6) is -0.753. The highest BCUT2D eigenvalue weighted by molar-refractivity contribution is 6.04. The maximum atomic E-state index is 11.7. The number of aromatic nitrogens is 1. The minimum Gasteiger partial charge on any atom is -0.388 e. The molecule has 98 valence electrons. The van der Waals surface area contributed by atoms with E-state index in [9.17, 15) is 14.7 Å². The van der Waals surface area contributed by atoms with Crippen molar-refractivity contribution in [3.05, 3.63) is 24.0 Å². The maximum Gasteiger partial charge on any atom is 0.274 e. The highest BCUT2D eigenvalue weighted by Gasteiger charge is 2.37. The third kappa shape index (κ3) is 2.77. The van der Waals surface area contributed by atoms with Gasteiger partial charge in [-0.25, -0.2) is 0 Å². The average Bonchev–Trinajstić information content (AvgIpc) is 2.61. The minimum atomic E-state index is -0.706. The van der Waals surface area contributed by atoms with Gasteiger partial charge in [0.05, 0.1) is 12.1 Å². The highest BCUT2D eigenvalue weighted by atomic mass is 16.3. The number of hydrogen-bond acceptors (Lipinski definition) is 4. The standard InChI is InChI=1S/C12H17N3O3/c1-12(18)7-15(8-12)6-10(16)13-11(17)9-4-3-5-14(9)2/h3-5,18H,6-8H2,1-2H3,(H,13,16,17). The molecule has 1 aliphatic heterocycles.